The summed E-state index contributed by atoms with van der Waals surface area (Å²) in [6.45, 7) is 2.59. The zero-order valence-electron chi connectivity index (χ0n) is 24.9. The molecule has 42 heavy (non-hydrogen) atoms. The first-order chi connectivity index (χ1) is 20.3. The van der Waals surface area contributed by atoms with Crippen LogP contribution in [0.1, 0.15) is 74.6 Å². The number of ketones is 2. The first-order valence-electron chi connectivity index (χ1n) is 15.0. The summed E-state index contributed by atoms with van der Waals surface area (Å²) in [6.07, 6.45) is 10.4. The van der Waals surface area contributed by atoms with E-state index >= 15 is 0 Å². The number of nitrogens with two attached hydrogens (primary N) is 1. The van der Waals surface area contributed by atoms with Crippen molar-refractivity contribution in [1.29, 1.82) is 0 Å². The molecule has 1 aliphatic rings. The molecule has 3 atom stereocenters. The number of carbonyl (C=O) groups excluding carboxylic acids is 2. The first kappa shape index (κ1) is 32.9. The molecule has 1 aromatic heterocycles. The summed E-state index contributed by atoms with van der Waals surface area (Å²) >= 11 is 0. The largest absolute Gasteiger partial charge is 0.504 e. The molecule has 0 unspecified atom stereocenters. The van der Waals surface area contributed by atoms with Crippen LogP contribution in [0.5, 0.6) is 11.5 Å². The van der Waals surface area contributed by atoms with Gasteiger partial charge in [0.15, 0.2) is 11.5 Å². The highest BCUT2D eigenvalue weighted by Crippen LogP contribution is 2.44. The molecule has 9 nitrogen and oxygen atoms in total. The number of aromatic amines is 1. The van der Waals surface area contributed by atoms with Crippen molar-refractivity contribution in [3.05, 3.63) is 70.8 Å². The smallest absolute Gasteiger partial charge is 0.161 e. The maximum Gasteiger partial charge on any atom is 0.161 e. The zero-order chi connectivity index (χ0) is 30.5. The normalized spacial score (nSPS) is 15.2. The number of H-pyrrole nitrogens is 1. The van der Waals surface area contributed by atoms with Crippen LogP contribution in [0.3, 0.4) is 0 Å². The van der Waals surface area contributed by atoms with E-state index in [0.29, 0.717) is 43.6 Å². The quantitative estimate of drug-likeness (QED) is 0.136. The molecule has 0 saturated heterocycles. The second-order valence-electron chi connectivity index (χ2n) is 11.2. The van der Waals surface area contributed by atoms with Gasteiger partial charge in [0.25, 0.3) is 0 Å². The molecule has 0 bridgehead atoms. The van der Waals surface area contributed by atoms with Gasteiger partial charge in [-0.05, 0) is 79.4 Å². The molecule has 9 heteroatoms. The Bertz CT molecular complexity index is 1220. The number of ether oxygens (including phenoxy) is 1. The number of carbonyl (C=O) groups is 2. The molecule has 230 valence electrons. The van der Waals surface area contributed by atoms with Gasteiger partial charge in [0.2, 0.25) is 0 Å². The van der Waals surface area contributed by atoms with Gasteiger partial charge in [0.1, 0.15) is 11.6 Å². The molecule has 0 amide bonds. The second kappa shape index (κ2) is 16.8. The molecule has 1 aromatic carbocycles. The van der Waals surface area contributed by atoms with Crippen LogP contribution in [0.4, 0.5) is 0 Å². The maximum atomic E-state index is 12.7. The fourth-order valence-electron chi connectivity index (χ4n) is 5.79. The number of aryl methyl sites for hydroxylation is 1. The Morgan fingerprint density at radius 2 is 1.90 bits per heavy atom. The lowest BCUT2D eigenvalue weighted by molar-refractivity contribution is -0.127. The minimum absolute atomic E-state index is 0.0200. The number of benzene rings is 1. The standard InChI is InChI=1S/C33H47N3O6/c1-3-6-22(20-37)7-4-9-27(39)19-28(40)11-10-23-15-29(33(41)30(16-23)42-2)32(24-12-14-36-31(34)18-24)25(21-38)17-26-8-5-13-35-26/h5,8,12-13,15-16,18,22,25,32,35-38,41H,3-4,6-7,9-11,14,17,19-21,34H2,1-2H3/t22-,25-,32-/m0/s1. The van der Waals surface area contributed by atoms with Gasteiger partial charge in [-0.1, -0.05) is 25.5 Å². The summed E-state index contributed by atoms with van der Waals surface area (Å²) in [7, 11) is 1.48. The molecule has 7 N–H and O–H groups in total. The number of phenols is 1. The molecule has 0 saturated carbocycles. The van der Waals surface area contributed by atoms with Crippen LogP contribution in [0.15, 0.2) is 54.0 Å². The van der Waals surface area contributed by atoms with Gasteiger partial charge < -0.3 is 36.1 Å². The van der Waals surface area contributed by atoms with Gasteiger partial charge in [-0.2, -0.15) is 0 Å². The third-order valence-electron chi connectivity index (χ3n) is 8.00. The van der Waals surface area contributed by atoms with Gasteiger partial charge in [0.05, 0.1) is 19.4 Å². The molecule has 2 heterocycles. The summed E-state index contributed by atoms with van der Waals surface area (Å²) < 4.78 is 5.52. The number of Topliss-reactive ketones (excluding diaryl/α,β-unsaturated/α-hetero) is 2. The van der Waals surface area contributed by atoms with Crippen LogP contribution >= 0.6 is 0 Å². The van der Waals surface area contributed by atoms with Crippen molar-refractivity contribution in [2.24, 2.45) is 17.6 Å². The van der Waals surface area contributed by atoms with Gasteiger partial charge in [-0.3, -0.25) is 9.59 Å². The monoisotopic (exact) mass is 581 g/mol. The molecule has 0 spiro atoms. The number of nitrogens with one attached hydrogen (secondary N) is 2. The predicted molar refractivity (Wildman–Crippen MR) is 163 cm³/mol. The van der Waals surface area contributed by atoms with Gasteiger partial charge >= 0.3 is 0 Å². The number of hydrogen-bond donors (Lipinski definition) is 6. The molecule has 3 rings (SSSR count). The van der Waals surface area contributed by atoms with Gasteiger partial charge in [-0.15, -0.1) is 0 Å². The van der Waals surface area contributed by atoms with Crippen molar-refractivity contribution in [2.45, 2.75) is 70.6 Å². The lowest BCUT2D eigenvalue weighted by Gasteiger charge is -2.30. The highest BCUT2D eigenvalue weighted by atomic mass is 16.5. The number of aliphatic hydroxyl groups is 2. The van der Waals surface area contributed by atoms with E-state index in [4.69, 9.17) is 10.5 Å². The Morgan fingerprint density at radius 1 is 1.12 bits per heavy atom. The lowest BCUT2D eigenvalue weighted by Crippen LogP contribution is -2.28. The SMILES string of the molecule is CCC[C@H](CO)CCCC(=O)CC(=O)CCc1cc(OC)c(O)c([C@@H](C2=CCNC(N)=C2)[C@H](CO)Cc2ccc[nH]2)c1. The number of dihydropyridines is 1. The van der Waals surface area contributed by atoms with Gasteiger partial charge in [0, 0.05) is 56.0 Å². The van der Waals surface area contributed by atoms with Crippen LogP contribution < -0.4 is 15.8 Å². The number of rotatable bonds is 19. The molecular weight excluding hydrogens is 534 g/mol. The Morgan fingerprint density at radius 3 is 2.55 bits per heavy atom. The highest BCUT2D eigenvalue weighted by molar-refractivity contribution is 5.99. The Kier molecular flexibility index (Phi) is 13.2. The van der Waals surface area contributed by atoms with E-state index in [9.17, 15) is 24.9 Å². The molecule has 1 aliphatic heterocycles. The molecule has 2 aromatic rings. The summed E-state index contributed by atoms with van der Waals surface area (Å²) in [5, 5.41) is 34.3. The number of aromatic nitrogens is 1. The number of aliphatic hydroxyl groups excluding tert-OH is 2. The second-order valence-corrected chi connectivity index (χ2v) is 11.2. The summed E-state index contributed by atoms with van der Waals surface area (Å²) in [6, 6.07) is 7.45. The van der Waals surface area contributed by atoms with Crippen LogP contribution in [-0.4, -0.2) is 58.7 Å². The third-order valence-corrected chi connectivity index (χ3v) is 8.00. The van der Waals surface area contributed by atoms with E-state index < -0.39 is 5.92 Å². The summed E-state index contributed by atoms with van der Waals surface area (Å²) in [5.74, 6) is 0.0816. The van der Waals surface area contributed by atoms with E-state index in [0.717, 1.165) is 36.1 Å². The van der Waals surface area contributed by atoms with E-state index in [-0.39, 0.29) is 61.0 Å². The number of aromatic hydroxyl groups is 1. The van der Waals surface area contributed by atoms with Crippen molar-refractivity contribution in [1.82, 2.24) is 10.3 Å². The van der Waals surface area contributed by atoms with Crippen molar-refractivity contribution in [2.75, 3.05) is 26.9 Å². The summed E-state index contributed by atoms with van der Waals surface area (Å²) in [4.78, 5) is 28.4. The molecular formula is C33H47N3O6. The fourth-order valence-corrected chi connectivity index (χ4v) is 5.79. The van der Waals surface area contributed by atoms with Crippen molar-refractivity contribution in [3.63, 3.8) is 0 Å². The van der Waals surface area contributed by atoms with E-state index in [1.54, 1.807) is 6.07 Å². The average molecular weight is 582 g/mol. The number of methoxy groups -OCH3 is 1. The van der Waals surface area contributed by atoms with Crippen LogP contribution in [0.25, 0.3) is 0 Å². The van der Waals surface area contributed by atoms with Crippen molar-refractivity contribution in [3.8, 4) is 11.5 Å². The van der Waals surface area contributed by atoms with Crippen LogP contribution in [0, 0.1) is 11.8 Å². The summed E-state index contributed by atoms with van der Waals surface area (Å²) in [5.41, 5.74) is 9.31. The number of allylic oxidation sites excluding steroid dienone is 2. The minimum atomic E-state index is -0.402. The lowest BCUT2D eigenvalue weighted by atomic mass is 9.76. The predicted octanol–water partition coefficient (Wildman–Crippen LogP) is 4.03. The topological polar surface area (TPSA) is 158 Å². The van der Waals surface area contributed by atoms with Crippen LogP contribution in [0.2, 0.25) is 0 Å². The molecule has 0 radical (unpaired) electrons. The van der Waals surface area contributed by atoms with Gasteiger partial charge in [-0.25, -0.2) is 0 Å². The fraction of sp³-hybridized carbons (Fsp3) is 0.515. The van der Waals surface area contributed by atoms with E-state index in [1.807, 2.05) is 36.5 Å². The molecule has 0 fully saturated rings. The van der Waals surface area contributed by atoms with Crippen LogP contribution in [-0.2, 0) is 22.4 Å². The maximum absolute atomic E-state index is 12.7. The first-order valence-corrected chi connectivity index (χ1v) is 15.0. The van der Waals surface area contributed by atoms with E-state index in [2.05, 4.69) is 17.2 Å². The third kappa shape index (κ3) is 9.49. The molecule has 0 aliphatic carbocycles. The van der Waals surface area contributed by atoms with Crippen molar-refractivity contribution >= 4 is 11.6 Å². The highest BCUT2D eigenvalue weighted by Gasteiger charge is 2.31. The van der Waals surface area contributed by atoms with E-state index in [1.165, 1.54) is 7.11 Å². The van der Waals surface area contributed by atoms with Crippen molar-refractivity contribution < 1.29 is 29.6 Å². The Balaban J connectivity index is 1.77. The number of hydrogen-bond acceptors (Lipinski definition) is 8. The minimum Gasteiger partial charge on any atom is -0.504 e. The zero-order valence-corrected chi connectivity index (χ0v) is 24.9. The number of phenolic OH excluding ortho intramolecular Hbond substituents is 1. The Labute approximate surface area is 248 Å². The average Bonchev–Trinajstić information content (AvgIpc) is 3.49. The Hall–Kier alpha value is -3.56.